The van der Waals surface area contributed by atoms with E-state index >= 15 is 0 Å². The van der Waals surface area contributed by atoms with Crippen LogP contribution in [0.3, 0.4) is 0 Å². The fraction of sp³-hybridized carbons (Fsp3) is 0.588. The normalized spacial score (nSPS) is 10.6. The van der Waals surface area contributed by atoms with Gasteiger partial charge in [-0.05, 0) is 37.5 Å². The van der Waals surface area contributed by atoms with E-state index in [1.54, 1.807) is 0 Å². The van der Waals surface area contributed by atoms with E-state index < -0.39 is 5.97 Å². The molecule has 0 aliphatic carbocycles. The first-order valence-corrected chi connectivity index (χ1v) is 7.58. The maximum Gasteiger partial charge on any atom is 0.305 e. The van der Waals surface area contributed by atoms with E-state index in [1.807, 2.05) is 0 Å². The summed E-state index contributed by atoms with van der Waals surface area (Å²) in [6.07, 6.45) is 5.01. The quantitative estimate of drug-likeness (QED) is 0.689. The van der Waals surface area contributed by atoms with Crippen molar-refractivity contribution >= 4 is 11.7 Å². The minimum Gasteiger partial charge on any atom is -0.481 e. The van der Waals surface area contributed by atoms with Gasteiger partial charge in [-0.3, -0.25) is 4.79 Å². The van der Waals surface area contributed by atoms with Crippen molar-refractivity contribution in [3.05, 3.63) is 29.3 Å². The highest BCUT2D eigenvalue weighted by Crippen LogP contribution is 2.22. The standard InChI is InChI=1S/C17H27NO2/c1-4-5-6-7-11-18(12-10-17(19)20)16-13-14(2)8-9-15(16)3/h8-9,13H,4-7,10-12H2,1-3H3,(H,19,20). The molecular formula is C17H27NO2. The Morgan fingerprint density at radius 1 is 1.15 bits per heavy atom. The number of unbranched alkanes of at least 4 members (excludes halogenated alkanes) is 3. The van der Waals surface area contributed by atoms with E-state index in [4.69, 9.17) is 5.11 Å². The summed E-state index contributed by atoms with van der Waals surface area (Å²) in [5, 5.41) is 8.92. The second-order valence-electron chi connectivity index (χ2n) is 5.48. The summed E-state index contributed by atoms with van der Waals surface area (Å²) in [5.41, 5.74) is 3.62. The van der Waals surface area contributed by atoms with Crippen molar-refractivity contribution in [2.45, 2.75) is 52.9 Å². The number of hydrogen-bond acceptors (Lipinski definition) is 2. The topological polar surface area (TPSA) is 40.5 Å². The third kappa shape index (κ3) is 5.64. The van der Waals surface area contributed by atoms with Crippen molar-refractivity contribution in [3.8, 4) is 0 Å². The van der Waals surface area contributed by atoms with E-state index in [-0.39, 0.29) is 6.42 Å². The number of rotatable bonds is 9. The average Bonchev–Trinajstić information content (AvgIpc) is 2.41. The molecule has 0 aliphatic heterocycles. The summed E-state index contributed by atoms with van der Waals surface area (Å²) in [6, 6.07) is 6.38. The Morgan fingerprint density at radius 2 is 1.90 bits per heavy atom. The summed E-state index contributed by atoms with van der Waals surface area (Å²) in [4.78, 5) is 13.1. The number of carboxylic acid groups (broad SMARTS) is 1. The number of carbonyl (C=O) groups is 1. The van der Waals surface area contributed by atoms with Gasteiger partial charge in [0.25, 0.3) is 0 Å². The van der Waals surface area contributed by atoms with Gasteiger partial charge in [0.2, 0.25) is 0 Å². The number of aryl methyl sites for hydroxylation is 2. The molecule has 0 spiro atoms. The molecule has 1 aromatic rings. The molecule has 0 heterocycles. The molecule has 1 aromatic carbocycles. The molecule has 3 heteroatoms. The van der Waals surface area contributed by atoms with Crippen LogP contribution in [0, 0.1) is 13.8 Å². The third-order valence-electron chi connectivity index (χ3n) is 3.58. The Bertz CT molecular complexity index is 429. The predicted octanol–water partition coefficient (Wildman–Crippen LogP) is 4.16. The molecule has 0 saturated heterocycles. The van der Waals surface area contributed by atoms with Crippen molar-refractivity contribution in [3.63, 3.8) is 0 Å². The van der Waals surface area contributed by atoms with Crippen LogP contribution in [0.5, 0.6) is 0 Å². The van der Waals surface area contributed by atoms with Crippen molar-refractivity contribution in [2.24, 2.45) is 0 Å². The molecule has 112 valence electrons. The monoisotopic (exact) mass is 277 g/mol. The summed E-state index contributed by atoms with van der Waals surface area (Å²) in [6.45, 7) is 7.90. The van der Waals surface area contributed by atoms with Crippen LogP contribution in [0.1, 0.15) is 50.2 Å². The first-order chi connectivity index (χ1) is 9.54. The highest BCUT2D eigenvalue weighted by atomic mass is 16.4. The molecule has 0 aromatic heterocycles. The van der Waals surface area contributed by atoms with Gasteiger partial charge in [0, 0.05) is 18.8 Å². The highest BCUT2D eigenvalue weighted by Gasteiger charge is 2.11. The highest BCUT2D eigenvalue weighted by molar-refractivity contribution is 5.68. The molecule has 0 bridgehead atoms. The predicted molar refractivity (Wildman–Crippen MR) is 84.5 cm³/mol. The SMILES string of the molecule is CCCCCCN(CCC(=O)O)c1cc(C)ccc1C. The first-order valence-electron chi connectivity index (χ1n) is 7.58. The maximum atomic E-state index is 10.8. The number of benzene rings is 1. The summed E-state index contributed by atoms with van der Waals surface area (Å²) in [7, 11) is 0. The van der Waals surface area contributed by atoms with Crippen LogP contribution in [0.15, 0.2) is 18.2 Å². The van der Waals surface area contributed by atoms with Crippen LogP contribution in [-0.2, 0) is 4.79 Å². The fourth-order valence-electron chi connectivity index (χ4n) is 2.37. The molecule has 0 unspecified atom stereocenters. The smallest absolute Gasteiger partial charge is 0.305 e. The van der Waals surface area contributed by atoms with Crippen molar-refractivity contribution in [1.29, 1.82) is 0 Å². The zero-order chi connectivity index (χ0) is 15.0. The van der Waals surface area contributed by atoms with E-state index in [0.29, 0.717) is 6.54 Å². The molecular weight excluding hydrogens is 250 g/mol. The number of anilines is 1. The lowest BCUT2D eigenvalue weighted by Crippen LogP contribution is -2.28. The van der Waals surface area contributed by atoms with Crippen LogP contribution in [-0.4, -0.2) is 24.2 Å². The Labute approximate surface area is 122 Å². The van der Waals surface area contributed by atoms with Crippen molar-refractivity contribution in [2.75, 3.05) is 18.0 Å². The van der Waals surface area contributed by atoms with Crippen LogP contribution < -0.4 is 4.90 Å². The largest absolute Gasteiger partial charge is 0.481 e. The van der Waals surface area contributed by atoms with Crippen LogP contribution in [0.2, 0.25) is 0 Å². The van der Waals surface area contributed by atoms with E-state index in [9.17, 15) is 4.79 Å². The zero-order valence-electron chi connectivity index (χ0n) is 13.0. The Hall–Kier alpha value is -1.51. The van der Waals surface area contributed by atoms with Gasteiger partial charge < -0.3 is 10.0 Å². The Balaban J connectivity index is 2.74. The molecule has 20 heavy (non-hydrogen) atoms. The number of aliphatic carboxylic acids is 1. The summed E-state index contributed by atoms with van der Waals surface area (Å²) >= 11 is 0. The molecule has 0 atom stereocenters. The minimum absolute atomic E-state index is 0.196. The lowest BCUT2D eigenvalue weighted by atomic mass is 10.1. The van der Waals surface area contributed by atoms with Gasteiger partial charge >= 0.3 is 5.97 Å². The molecule has 0 fully saturated rings. The number of carboxylic acids is 1. The maximum absolute atomic E-state index is 10.8. The van der Waals surface area contributed by atoms with Crippen LogP contribution in [0.25, 0.3) is 0 Å². The summed E-state index contributed by atoms with van der Waals surface area (Å²) < 4.78 is 0. The average molecular weight is 277 g/mol. The molecule has 0 radical (unpaired) electrons. The van der Waals surface area contributed by atoms with Gasteiger partial charge in [-0.25, -0.2) is 0 Å². The van der Waals surface area contributed by atoms with Gasteiger partial charge in [-0.2, -0.15) is 0 Å². The molecule has 0 saturated carbocycles. The van der Waals surface area contributed by atoms with Crippen LogP contribution >= 0.6 is 0 Å². The van der Waals surface area contributed by atoms with E-state index in [0.717, 1.165) is 13.0 Å². The molecule has 1 rings (SSSR count). The third-order valence-corrected chi connectivity index (χ3v) is 3.58. The van der Waals surface area contributed by atoms with Gasteiger partial charge in [-0.15, -0.1) is 0 Å². The van der Waals surface area contributed by atoms with Crippen molar-refractivity contribution < 1.29 is 9.90 Å². The van der Waals surface area contributed by atoms with E-state index in [1.165, 1.54) is 36.1 Å². The molecule has 0 aliphatic rings. The van der Waals surface area contributed by atoms with Crippen molar-refractivity contribution in [1.82, 2.24) is 0 Å². The minimum atomic E-state index is -0.728. The Kier molecular flexibility index (Phi) is 7.13. The van der Waals surface area contributed by atoms with Gasteiger partial charge in [0.15, 0.2) is 0 Å². The molecule has 1 N–H and O–H groups in total. The first kappa shape index (κ1) is 16.5. The lowest BCUT2D eigenvalue weighted by Gasteiger charge is -2.26. The van der Waals surface area contributed by atoms with Crippen LogP contribution in [0.4, 0.5) is 5.69 Å². The van der Waals surface area contributed by atoms with E-state index in [2.05, 4.69) is 43.9 Å². The summed E-state index contributed by atoms with van der Waals surface area (Å²) in [5.74, 6) is -0.728. The zero-order valence-corrected chi connectivity index (χ0v) is 13.0. The molecule has 0 amide bonds. The van der Waals surface area contributed by atoms with Gasteiger partial charge in [0.1, 0.15) is 0 Å². The van der Waals surface area contributed by atoms with Gasteiger partial charge in [0.05, 0.1) is 6.42 Å². The number of hydrogen-bond donors (Lipinski definition) is 1. The lowest BCUT2D eigenvalue weighted by molar-refractivity contribution is -0.136. The Morgan fingerprint density at radius 3 is 2.55 bits per heavy atom. The fourth-order valence-corrected chi connectivity index (χ4v) is 2.37. The number of nitrogens with zero attached hydrogens (tertiary/aromatic N) is 1. The van der Waals surface area contributed by atoms with Gasteiger partial charge in [-0.1, -0.05) is 38.3 Å². The second kappa shape index (κ2) is 8.62. The second-order valence-corrected chi connectivity index (χ2v) is 5.48. The molecule has 3 nitrogen and oxygen atoms in total.